The highest BCUT2D eigenvalue weighted by atomic mass is 16.5. The number of anilines is 1. The number of aryl methyl sites for hydroxylation is 1. The van der Waals surface area contributed by atoms with Crippen LogP contribution in [0.25, 0.3) is 0 Å². The Morgan fingerprint density at radius 3 is 3.00 bits per heavy atom. The fourth-order valence-corrected chi connectivity index (χ4v) is 1.19. The van der Waals surface area contributed by atoms with Crippen LogP contribution in [0, 0.1) is 0 Å². The Balaban J connectivity index is 2.44. The standard InChI is InChI=1S/C9H17N3O/c1-4-12-6-9(5-10-12)11-8(2)7-13-3/h5-6,8,11H,4,7H2,1-3H3. The Labute approximate surface area is 78.9 Å². The summed E-state index contributed by atoms with van der Waals surface area (Å²) in [6.45, 7) is 5.75. The van der Waals surface area contributed by atoms with Crippen molar-refractivity contribution in [3.05, 3.63) is 12.4 Å². The molecule has 0 saturated carbocycles. The van der Waals surface area contributed by atoms with Gasteiger partial charge in [-0.2, -0.15) is 5.10 Å². The average Bonchev–Trinajstić information content (AvgIpc) is 2.52. The summed E-state index contributed by atoms with van der Waals surface area (Å²) >= 11 is 0. The smallest absolute Gasteiger partial charge is 0.0729 e. The van der Waals surface area contributed by atoms with Crippen molar-refractivity contribution in [2.24, 2.45) is 0 Å². The summed E-state index contributed by atoms with van der Waals surface area (Å²) in [7, 11) is 1.70. The second-order valence-corrected chi connectivity index (χ2v) is 3.09. The van der Waals surface area contributed by atoms with Crippen molar-refractivity contribution in [2.75, 3.05) is 19.0 Å². The zero-order valence-corrected chi connectivity index (χ0v) is 8.45. The van der Waals surface area contributed by atoms with Gasteiger partial charge in [-0.05, 0) is 13.8 Å². The molecule has 0 radical (unpaired) electrons. The van der Waals surface area contributed by atoms with E-state index in [4.69, 9.17) is 4.74 Å². The van der Waals surface area contributed by atoms with Crippen LogP contribution in [0.15, 0.2) is 12.4 Å². The van der Waals surface area contributed by atoms with Gasteiger partial charge in [0.1, 0.15) is 0 Å². The lowest BCUT2D eigenvalue weighted by Gasteiger charge is -2.11. The molecular weight excluding hydrogens is 166 g/mol. The maximum atomic E-state index is 5.02. The van der Waals surface area contributed by atoms with Gasteiger partial charge < -0.3 is 10.1 Å². The molecule has 1 N–H and O–H groups in total. The van der Waals surface area contributed by atoms with Crippen LogP contribution in [-0.2, 0) is 11.3 Å². The van der Waals surface area contributed by atoms with Gasteiger partial charge in [-0.25, -0.2) is 0 Å². The Bertz CT molecular complexity index is 247. The zero-order chi connectivity index (χ0) is 9.68. The van der Waals surface area contributed by atoms with E-state index in [1.54, 1.807) is 7.11 Å². The quantitative estimate of drug-likeness (QED) is 0.749. The van der Waals surface area contributed by atoms with E-state index in [0.29, 0.717) is 12.6 Å². The first-order valence-corrected chi connectivity index (χ1v) is 4.54. The highest BCUT2D eigenvalue weighted by Crippen LogP contribution is 2.06. The van der Waals surface area contributed by atoms with E-state index in [-0.39, 0.29) is 0 Å². The molecule has 0 aliphatic heterocycles. The van der Waals surface area contributed by atoms with Crippen LogP contribution < -0.4 is 5.32 Å². The van der Waals surface area contributed by atoms with Gasteiger partial charge in [-0.3, -0.25) is 4.68 Å². The van der Waals surface area contributed by atoms with Gasteiger partial charge in [0.05, 0.1) is 18.5 Å². The Morgan fingerprint density at radius 1 is 1.69 bits per heavy atom. The third-order valence-electron chi connectivity index (χ3n) is 1.79. The number of ether oxygens (including phenoxy) is 1. The first kappa shape index (κ1) is 10.1. The largest absolute Gasteiger partial charge is 0.383 e. The fraction of sp³-hybridized carbons (Fsp3) is 0.667. The molecule has 0 aromatic carbocycles. The fourth-order valence-electron chi connectivity index (χ4n) is 1.19. The van der Waals surface area contributed by atoms with E-state index < -0.39 is 0 Å². The van der Waals surface area contributed by atoms with E-state index in [0.717, 1.165) is 12.2 Å². The monoisotopic (exact) mass is 183 g/mol. The minimum Gasteiger partial charge on any atom is -0.383 e. The summed E-state index contributed by atoms with van der Waals surface area (Å²) in [5.74, 6) is 0. The molecule has 1 rings (SSSR count). The summed E-state index contributed by atoms with van der Waals surface area (Å²) in [4.78, 5) is 0. The molecule has 1 aromatic rings. The van der Waals surface area contributed by atoms with Crippen LogP contribution in [0.2, 0.25) is 0 Å². The number of nitrogens with one attached hydrogen (secondary N) is 1. The van der Waals surface area contributed by atoms with E-state index in [9.17, 15) is 0 Å². The van der Waals surface area contributed by atoms with Crippen molar-refractivity contribution in [1.29, 1.82) is 0 Å². The van der Waals surface area contributed by atoms with Crippen molar-refractivity contribution < 1.29 is 4.74 Å². The topological polar surface area (TPSA) is 39.1 Å². The summed E-state index contributed by atoms with van der Waals surface area (Å²) in [5.41, 5.74) is 1.05. The number of methoxy groups -OCH3 is 1. The lowest BCUT2D eigenvalue weighted by molar-refractivity contribution is 0.190. The Morgan fingerprint density at radius 2 is 2.46 bits per heavy atom. The summed E-state index contributed by atoms with van der Waals surface area (Å²) in [6.07, 6.45) is 3.82. The lowest BCUT2D eigenvalue weighted by atomic mass is 10.3. The number of nitrogens with zero attached hydrogens (tertiary/aromatic N) is 2. The van der Waals surface area contributed by atoms with Crippen molar-refractivity contribution in [1.82, 2.24) is 9.78 Å². The van der Waals surface area contributed by atoms with Gasteiger partial charge >= 0.3 is 0 Å². The molecule has 1 heterocycles. The van der Waals surface area contributed by atoms with Gasteiger partial charge in [-0.15, -0.1) is 0 Å². The Kier molecular flexibility index (Phi) is 3.76. The number of hydrogen-bond donors (Lipinski definition) is 1. The molecule has 0 fully saturated rings. The highest BCUT2D eigenvalue weighted by Gasteiger charge is 2.02. The first-order chi connectivity index (χ1) is 6.26. The predicted octanol–water partition coefficient (Wildman–Crippen LogP) is 1.35. The normalized spacial score (nSPS) is 12.8. The second-order valence-electron chi connectivity index (χ2n) is 3.09. The van der Waals surface area contributed by atoms with Crippen LogP contribution in [0.4, 0.5) is 5.69 Å². The highest BCUT2D eigenvalue weighted by molar-refractivity contribution is 5.39. The minimum atomic E-state index is 0.319. The molecule has 0 amide bonds. The van der Waals surface area contributed by atoms with Gasteiger partial charge in [0.2, 0.25) is 0 Å². The maximum absolute atomic E-state index is 5.02. The third kappa shape index (κ3) is 3.06. The van der Waals surface area contributed by atoms with E-state index in [1.807, 2.05) is 17.1 Å². The minimum absolute atomic E-state index is 0.319. The predicted molar refractivity (Wildman–Crippen MR) is 52.9 cm³/mol. The van der Waals surface area contributed by atoms with E-state index in [1.165, 1.54) is 0 Å². The van der Waals surface area contributed by atoms with Crippen LogP contribution in [0.3, 0.4) is 0 Å². The molecule has 74 valence electrons. The molecule has 4 heteroatoms. The van der Waals surface area contributed by atoms with E-state index in [2.05, 4.69) is 24.3 Å². The summed E-state index contributed by atoms with van der Waals surface area (Å²) < 4.78 is 6.91. The first-order valence-electron chi connectivity index (χ1n) is 4.54. The molecule has 4 nitrogen and oxygen atoms in total. The lowest BCUT2D eigenvalue weighted by Crippen LogP contribution is -2.20. The molecular formula is C9H17N3O. The number of hydrogen-bond acceptors (Lipinski definition) is 3. The van der Waals surface area contributed by atoms with Gasteiger partial charge in [-0.1, -0.05) is 0 Å². The van der Waals surface area contributed by atoms with Crippen LogP contribution in [0.1, 0.15) is 13.8 Å². The van der Waals surface area contributed by atoms with Crippen LogP contribution >= 0.6 is 0 Å². The second kappa shape index (κ2) is 4.87. The summed E-state index contributed by atoms with van der Waals surface area (Å²) in [6, 6.07) is 0.319. The molecule has 0 aliphatic carbocycles. The zero-order valence-electron chi connectivity index (χ0n) is 8.45. The summed E-state index contributed by atoms with van der Waals surface area (Å²) in [5, 5.41) is 7.45. The molecule has 1 aromatic heterocycles. The third-order valence-corrected chi connectivity index (χ3v) is 1.79. The van der Waals surface area contributed by atoms with Gasteiger partial charge in [0, 0.05) is 25.9 Å². The maximum Gasteiger partial charge on any atom is 0.0729 e. The molecule has 13 heavy (non-hydrogen) atoms. The van der Waals surface area contributed by atoms with Crippen molar-refractivity contribution in [3.63, 3.8) is 0 Å². The molecule has 0 aliphatic rings. The van der Waals surface area contributed by atoms with Crippen LogP contribution in [-0.4, -0.2) is 29.5 Å². The number of aromatic nitrogens is 2. The SMILES string of the molecule is CCn1cc(NC(C)COC)cn1. The molecule has 1 unspecified atom stereocenters. The van der Waals surface area contributed by atoms with Crippen LogP contribution in [0.5, 0.6) is 0 Å². The van der Waals surface area contributed by atoms with E-state index >= 15 is 0 Å². The molecule has 0 saturated heterocycles. The average molecular weight is 183 g/mol. The molecule has 1 atom stereocenters. The van der Waals surface area contributed by atoms with Crippen molar-refractivity contribution in [2.45, 2.75) is 26.4 Å². The molecule has 0 bridgehead atoms. The molecule has 0 spiro atoms. The van der Waals surface area contributed by atoms with Gasteiger partial charge in [0.15, 0.2) is 0 Å². The number of rotatable bonds is 5. The van der Waals surface area contributed by atoms with Crippen molar-refractivity contribution >= 4 is 5.69 Å². The van der Waals surface area contributed by atoms with Gasteiger partial charge in [0.25, 0.3) is 0 Å². The Hall–Kier alpha value is -1.03. The van der Waals surface area contributed by atoms with Crippen molar-refractivity contribution in [3.8, 4) is 0 Å².